The maximum Gasteiger partial charge on any atom is 0.234 e. The van der Waals surface area contributed by atoms with Gasteiger partial charge in [-0.1, -0.05) is 37.3 Å². The molecule has 1 amide bonds. The van der Waals surface area contributed by atoms with Crippen LogP contribution < -0.4 is 5.32 Å². The first kappa shape index (κ1) is 16.4. The second-order valence-electron chi connectivity index (χ2n) is 5.19. The number of nitrogens with zero attached hydrogens (tertiary/aromatic N) is 1. The summed E-state index contributed by atoms with van der Waals surface area (Å²) >= 11 is 0. The summed E-state index contributed by atoms with van der Waals surface area (Å²) in [5.74, 6) is -0.000594. The Bertz CT molecular complexity index is 443. The quantitative estimate of drug-likeness (QED) is 0.776. The third-order valence-electron chi connectivity index (χ3n) is 3.19. The first-order chi connectivity index (χ1) is 9.45. The van der Waals surface area contributed by atoms with Crippen molar-refractivity contribution in [2.75, 3.05) is 13.1 Å². The van der Waals surface area contributed by atoms with E-state index >= 15 is 0 Å². The summed E-state index contributed by atoms with van der Waals surface area (Å²) in [4.78, 5) is 26.1. The van der Waals surface area contributed by atoms with Crippen LogP contribution in [-0.2, 0) is 4.79 Å². The fourth-order valence-electron chi connectivity index (χ4n) is 2.08. The molecule has 0 spiro atoms. The molecule has 0 radical (unpaired) electrons. The molecule has 1 unspecified atom stereocenters. The highest BCUT2D eigenvalue weighted by Gasteiger charge is 2.23. The fraction of sp³-hybridized carbons (Fsp3) is 0.500. The van der Waals surface area contributed by atoms with Gasteiger partial charge in [0, 0.05) is 11.6 Å². The van der Waals surface area contributed by atoms with E-state index in [4.69, 9.17) is 0 Å². The Kier molecular flexibility index (Phi) is 6.39. The van der Waals surface area contributed by atoms with Crippen molar-refractivity contribution in [1.29, 1.82) is 0 Å². The minimum Gasteiger partial charge on any atom is -0.353 e. The Morgan fingerprint density at radius 1 is 1.15 bits per heavy atom. The molecule has 1 rings (SSSR count). The lowest BCUT2D eigenvalue weighted by atomic mass is 10.0. The van der Waals surface area contributed by atoms with E-state index in [1.165, 1.54) is 0 Å². The van der Waals surface area contributed by atoms with Crippen molar-refractivity contribution >= 4 is 11.7 Å². The van der Waals surface area contributed by atoms with Crippen LogP contribution in [0.4, 0.5) is 0 Å². The summed E-state index contributed by atoms with van der Waals surface area (Å²) in [7, 11) is 0. The minimum atomic E-state index is -0.305. The average Bonchev–Trinajstić information content (AvgIpc) is 2.43. The third kappa shape index (κ3) is 4.78. The molecule has 4 heteroatoms. The molecule has 1 aromatic carbocycles. The van der Waals surface area contributed by atoms with Gasteiger partial charge in [-0.3, -0.25) is 14.5 Å². The maximum absolute atomic E-state index is 12.4. The topological polar surface area (TPSA) is 49.4 Å². The van der Waals surface area contributed by atoms with Gasteiger partial charge in [-0.15, -0.1) is 0 Å². The van der Waals surface area contributed by atoms with Crippen LogP contribution in [0.1, 0.15) is 38.1 Å². The highest BCUT2D eigenvalue weighted by atomic mass is 16.2. The maximum atomic E-state index is 12.4. The van der Waals surface area contributed by atoms with Gasteiger partial charge in [-0.05, 0) is 27.3 Å². The van der Waals surface area contributed by atoms with Gasteiger partial charge in [0.1, 0.15) is 0 Å². The lowest BCUT2D eigenvalue weighted by molar-refractivity contribution is -0.122. The van der Waals surface area contributed by atoms with Crippen molar-refractivity contribution in [3.63, 3.8) is 0 Å². The molecule has 0 aliphatic carbocycles. The van der Waals surface area contributed by atoms with Gasteiger partial charge in [-0.2, -0.15) is 0 Å². The molecule has 0 saturated heterocycles. The lowest BCUT2D eigenvalue weighted by Gasteiger charge is -2.26. The molecule has 0 fully saturated rings. The zero-order valence-corrected chi connectivity index (χ0v) is 12.7. The molecule has 1 aromatic rings. The summed E-state index contributed by atoms with van der Waals surface area (Å²) in [6, 6.07) is 9.00. The molecule has 0 aliphatic heterocycles. The van der Waals surface area contributed by atoms with Crippen molar-refractivity contribution < 1.29 is 9.59 Å². The van der Waals surface area contributed by atoms with Gasteiger partial charge in [0.2, 0.25) is 5.91 Å². The number of amides is 1. The zero-order valence-electron chi connectivity index (χ0n) is 12.7. The van der Waals surface area contributed by atoms with Crippen LogP contribution >= 0.6 is 0 Å². The van der Waals surface area contributed by atoms with Crippen LogP contribution in [0.2, 0.25) is 0 Å². The summed E-state index contributed by atoms with van der Waals surface area (Å²) in [5, 5.41) is 2.85. The number of rotatable bonds is 7. The lowest BCUT2D eigenvalue weighted by Crippen LogP contribution is -2.46. The summed E-state index contributed by atoms with van der Waals surface area (Å²) < 4.78 is 0. The number of ketones is 1. The van der Waals surface area contributed by atoms with Gasteiger partial charge in [0.25, 0.3) is 0 Å². The van der Waals surface area contributed by atoms with Crippen molar-refractivity contribution in [2.45, 2.75) is 39.8 Å². The first-order valence-corrected chi connectivity index (χ1v) is 7.08. The zero-order chi connectivity index (χ0) is 15.1. The second-order valence-corrected chi connectivity index (χ2v) is 5.19. The standard InChI is InChI=1S/C16H24N2O2/c1-5-18(11-15(19)17-12(2)3)13(4)16(20)14-9-7-6-8-10-14/h6-10,12-13H,5,11H2,1-4H3,(H,17,19). The number of hydrogen-bond donors (Lipinski definition) is 1. The van der Waals surface area contributed by atoms with E-state index in [1.54, 1.807) is 12.1 Å². The number of carbonyl (C=O) groups is 2. The summed E-state index contributed by atoms with van der Waals surface area (Å²) in [6.07, 6.45) is 0. The summed E-state index contributed by atoms with van der Waals surface area (Å²) in [6.45, 7) is 8.55. The molecule has 0 saturated carbocycles. The molecular weight excluding hydrogens is 252 g/mol. The molecule has 0 aliphatic rings. The number of carbonyl (C=O) groups excluding carboxylic acids is 2. The molecule has 1 N–H and O–H groups in total. The molecule has 4 nitrogen and oxygen atoms in total. The fourth-order valence-corrected chi connectivity index (χ4v) is 2.08. The van der Waals surface area contributed by atoms with Crippen molar-refractivity contribution in [3.8, 4) is 0 Å². The number of benzene rings is 1. The molecule has 0 bridgehead atoms. The number of nitrogens with one attached hydrogen (secondary N) is 1. The normalized spacial score (nSPS) is 12.5. The van der Waals surface area contributed by atoms with Crippen LogP contribution in [0.25, 0.3) is 0 Å². The van der Waals surface area contributed by atoms with Crippen molar-refractivity contribution in [1.82, 2.24) is 10.2 Å². The van der Waals surface area contributed by atoms with E-state index in [0.29, 0.717) is 12.1 Å². The van der Waals surface area contributed by atoms with Gasteiger partial charge in [0.05, 0.1) is 12.6 Å². The number of Topliss-reactive ketones (excluding diaryl/α,β-unsaturated/α-hetero) is 1. The van der Waals surface area contributed by atoms with Gasteiger partial charge < -0.3 is 5.32 Å². The Morgan fingerprint density at radius 3 is 2.25 bits per heavy atom. The number of hydrogen-bond acceptors (Lipinski definition) is 3. The van der Waals surface area contributed by atoms with Crippen LogP contribution in [0.15, 0.2) is 30.3 Å². The Labute approximate surface area is 121 Å². The van der Waals surface area contributed by atoms with Crippen LogP contribution in [0.3, 0.4) is 0 Å². The van der Waals surface area contributed by atoms with E-state index in [2.05, 4.69) is 5.32 Å². The van der Waals surface area contributed by atoms with E-state index in [1.807, 2.05) is 50.8 Å². The van der Waals surface area contributed by atoms with E-state index in [-0.39, 0.29) is 30.3 Å². The largest absolute Gasteiger partial charge is 0.353 e. The summed E-state index contributed by atoms with van der Waals surface area (Å²) in [5.41, 5.74) is 0.683. The predicted molar refractivity (Wildman–Crippen MR) is 80.8 cm³/mol. The monoisotopic (exact) mass is 276 g/mol. The third-order valence-corrected chi connectivity index (χ3v) is 3.19. The highest BCUT2D eigenvalue weighted by molar-refractivity contribution is 6.00. The predicted octanol–water partition coefficient (Wildman–Crippen LogP) is 2.10. The van der Waals surface area contributed by atoms with E-state index in [0.717, 1.165) is 0 Å². The number of likely N-dealkylation sites (N-methyl/N-ethyl adjacent to an activating group) is 1. The molecule has 110 valence electrons. The van der Waals surface area contributed by atoms with Gasteiger partial charge in [0.15, 0.2) is 5.78 Å². The van der Waals surface area contributed by atoms with Crippen LogP contribution in [0.5, 0.6) is 0 Å². The first-order valence-electron chi connectivity index (χ1n) is 7.08. The van der Waals surface area contributed by atoms with E-state index in [9.17, 15) is 9.59 Å². The molecular formula is C16H24N2O2. The van der Waals surface area contributed by atoms with Gasteiger partial charge >= 0.3 is 0 Å². The second kappa shape index (κ2) is 7.80. The molecule has 1 atom stereocenters. The van der Waals surface area contributed by atoms with Crippen LogP contribution in [-0.4, -0.2) is 41.8 Å². The smallest absolute Gasteiger partial charge is 0.234 e. The molecule has 0 heterocycles. The van der Waals surface area contributed by atoms with Crippen molar-refractivity contribution in [3.05, 3.63) is 35.9 Å². The highest BCUT2D eigenvalue weighted by Crippen LogP contribution is 2.08. The molecule has 0 aromatic heterocycles. The van der Waals surface area contributed by atoms with E-state index < -0.39 is 0 Å². The van der Waals surface area contributed by atoms with Gasteiger partial charge in [-0.25, -0.2) is 0 Å². The SMILES string of the molecule is CCN(CC(=O)NC(C)C)C(C)C(=O)c1ccccc1. The Morgan fingerprint density at radius 2 is 1.75 bits per heavy atom. The average molecular weight is 276 g/mol. The Balaban J connectivity index is 2.69. The minimum absolute atomic E-state index is 0.0461. The Hall–Kier alpha value is -1.68. The molecule has 20 heavy (non-hydrogen) atoms. The van der Waals surface area contributed by atoms with Crippen molar-refractivity contribution in [2.24, 2.45) is 0 Å². The van der Waals surface area contributed by atoms with Crippen LogP contribution in [0, 0.1) is 0 Å².